The van der Waals surface area contributed by atoms with E-state index in [2.05, 4.69) is 32.7 Å². The number of halogens is 1. The number of carbonyl (C=O) groups is 1. The maximum Gasteiger partial charge on any atom is 0.295 e. The van der Waals surface area contributed by atoms with E-state index in [4.69, 9.17) is 16.3 Å². The highest BCUT2D eigenvalue weighted by atomic mass is 35.5. The Morgan fingerprint density at radius 1 is 1.17 bits per heavy atom. The molecule has 0 bridgehead atoms. The van der Waals surface area contributed by atoms with Gasteiger partial charge in [-0.15, -0.1) is 10.2 Å². The Kier molecular flexibility index (Phi) is 4.75. The van der Waals surface area contributed by atoms with Crippen LogP contribution in [0.1, 0.15) is 25.3 Å². The predicted octanol–water partition coefficient (Wildman–Crippen LogP) is 4.69. The third-order valence-corrected chi connectivity index (χ3v) is 6.19. The Labute approximate surface area is 182 Å². The molecular formula is C21H18ClN5O2S. The molecule has 1 spiro atoms. The summed E-state index contributed by atoms with van der Waals surface area (Å²) in [4.78, 5) is 17.8. The van der Waals surface area contributed by atoms with Crippen molar-refractivity contribution in [3.63, 3.8) is 0 Å². The van der Waals surface area contributed by atoms with Crippen molar-refractivity contribution in [2.45, 2.75) is 30.6 Å². The second kappa shape index (κ2) is 7.45. The zero-order valence-corrected chi connectivity index (χ0v) is 17.7. The second-order valence-electron chi connectivity index (χ2n) is 7.05. The summed E-state index contributed by atoms with van der Waals surface area (Å²) in [7, 11) is 0. The highest BCUT2D eigenvalue weighted by Gasteiger charge is 2.52. The molecule has 152 valence electrons. The molecule has 0 saturated heterocycles. The zero-order chi connectivity index (χ0) is 20.7. The van der Waals surface area contributed by atoms with Gasteiger partial charge in [-0.25, -0.2) is 0 Å². The summed E-state index contributed by atoms with van der Waals surface area (Å²) >= 11 is 7.77. The summed E-state index contributed by atoms with van der Waals surface area (Å²) in [5, 5.41) is 15.8. The molecule has 0 radical (unpaired) electrons. The number of fused-ring (bicyclic) bond motifs is 5. The third kappa shape index (κ3) is 3.07. The molecule has 0 fully saturated rings. The summed E-state index contributed by atoms with van der Waals surface area (Å²) in [5.41, 5.74) is 1.67. The molecule has 1 amide bonds. The molecule has 0 unspecified atom stereocenters. The van der Waals surface area contributed by atoms with Crippen LogP contribution in [0.5, 0.6) is 5.88 Å². The fourth-order valence-electron chi connectivity index (χ4n) is 3.54. The number of benzene rings is 2. The van der Waals surface area contributed by atoms with Crippen LogP contribution in [0.25, 0.3) is 11.3 Å². The standard InChI is InChI=1S/C21H18ClN5O2S/c1-2-3-10-30-20-24-18-17(26-27-20)13-6-4-5-7-15(13)25-21(29-18)14-11-12(22)8-9-16(14)23-19(21)28/h4-9,11,25H,2-3,10H2,1H3,(H,23,28)/t21-/m1/s1. The lowest BCUT2D eigenvalue weighted by Gasteiger charge is -2.28. The minimum atomic E-state index is -1.51. The third-order valence-electron chi connectivity index (χ3n) is 5.04. The average Bonchev–Trinajstić information content (AvgIpc) is 2.91. The largest absolute Gasteiger partial charge is 0.435 e. The van der Waals surface area contributed by atoms with Crippen LogP contribution in [0.2, 0.25) is 5.02 Å². The monoisotopic (exact) mass is 439 g/mol. The molecule has 9 heteroatoms. The van der Waals surface area contributed by atoms with Crippen molar-refractivity contribution in [2.24, 2.45) is 0 Å². The van der Waals surface area contributed by atoms with Crippen molar-refractivity contribution < 1.29 is 9.53 Å². The number of para-hydroxylation sites is 1. The number of hydrogen-bond acceptors (Lipinski definition) is 7. The van der Waals surface area contributed by atoms with E-state index in [1.807, 2.05) is 24.3 Å². The number of nitrogens with zero attached hydrogens (tertiary/aromatic N) is 3. The van der Waals surface area contributed by atoms with Crippen molar-refractivity contribution in [3.8, 4) is 17.1 Å². The molecule has 1 atom stereocenters. The van der Waals surface area contributed by atoms with E-state index in [0.29, 0.717) is 32.8 Å². The van der Waals surface area contributed by atoms with Gasteiger partial charge in [-0.05, 0) is 30.7 Å². The van der Waals surface area contributed by atoms with Crippen LogP contribution in [0.15, 0.2) is 47.6 Å². The first-order valence-electron chi connectivity index (χ1n) is 9.66. The first-order chi connectivity index (χ1) is 14.6. The molecule has 3 aromatic rings. The number of unbranched alkanes of at least 4 members (excludes halogenated alkanes) is 1. The van der Waals surface area contributed by atoms with Gasteiger partial charge in [0.25, 0.3) is 11.6 Å². The minimum Gasteiger partial charge on any atom is -0.435 e. The molecule has 2 N–H and O–H groups in total. The normalized spacial score (nSPS) is 18.5. The second-order valence-corrected chi connectivity index (χ2v) is 8.55. The molecule has 2 aromatic carbocycles. The number of nitrogens with one attached hydrogen (secondary N) is 2. The van der Waals surface area contributed by atoms with Crippen molar-refractivity contribution in [1.29, 1.82) is 0 Å². The first kappa shape index (κ1) is 19.1. The number of carbonyl (C=O) groups excluding carboxylic acids is 1. The SMILES string of the molecule is CCCCSc1nnc2c(n1)O[C@@]1(Nc3ccccc3-2)C(=O)Nc2ccc(Cl)cc21. The van der Waals surface area contributed by atoms with E-state index in [9.17, 15) is 4.79 Å². The predicted molar refractivity (Wildman–Crippen MR) is 117 cm³/mol. The van der Waals surface area contributed by atoms with Crippen molar-refractivity contribution in [2.75, 3.05) is 16.4 Å². The molecule has 5 rings (SSSR count). The lowest BCUT2D eigenvalue weighted by molar-refractivity contribution is -0.128. The molecule has 2 aliphatic rings. The number of hydrogen-bond donors (Lipinski definition) is 2. The lowest BCUT2D eigenvalue weighted by atomic mass is 10.0. The molecule has 7 nitrogen and oxygen atoms in total. The highest BCUT2D eigenvalue weighted by molar-refractivity contribution is 7.99. The number of rotatable bonds is 4. The van der Waals surface area contributed by atoms with Gasteiger partial charge in [0, 0.05) is 22.0 Å². The van der Waals surface area contributed by atoms with E-state index >= 15 is 0 Å². The van der Waals surface area contributed by atoms with Gasteiger partial charge in [0.1, 0.15) is 0 Å². The van der Waals surface area contributed by atoms with Gasteiger partial charge >= 0.3 is 0 Å². The molecular weight excluding hydrogens is 422 g/mol. The van der Waals surface area contributed by atoms with Gasteiger partial charge in [-0.2, -0.15) is 4.98 Å². The Morgan fingerprint density at radius 2 is 2.03 bits per heavy atom. The molecule has 0 saturated carbocycles. The van der Waals surface area contributed by atoms with Crippen molar-refractivity contribution in [1.82, 2.24) is 15.2 Å². The molecule has 1 aromatic heterocycles. The fourth-order valence-corrected chi connectivity index (χ4v) is 4.57. The Balaban J connectivity index is 1.67. The first-order valence-corrected chi connectivity index (χ1v) is 11.0. The quantitative estimate of drug-likeness (QED) is 0.450. The summed E-state index contributed by atoms with van der Waals surface area (Å²) in [6.45, 7) is 2.13. The van der Waals surface area contributed by atoms with Crippen molar-refractivity contribution >= 4 is 40.6 Å². The minimum absolute atomic E-state index is 0.254. The summed E-state index contributed by atoms with van der Waals surface area (Å²) in [6.07, 6.45) is 2.13. The van der Waals surface area contributed by atoms with Crippen molar-refractivity contribution in [3.05, 3.63) is 53.1 Å². The molecule has 30 heavy (non-hydrogen) atoms. The number of amides is 1. The maximum absolute atomic E-state index is 13.2. The molecule has 2 aliphatic heterocycles. The van der Waals surface area contributed by atoms with Gasteiger partial charge in [-0.1, -0.05) is 54.9 Å². The summed E-state index contributed by atoms with van der Waals surface area (Å²) in [5.74, 6) is 0.793. The number of anilines is 2. The fraction of sp³-hybridized carbons (Fsp3) is 0.238. The maximum atomic E-state index is 13.2. The van der Waals surface area contributed by atoms with Crippen LogP contribution in [0.3, 0.4) is 0 Å². The van der Waals surface area contributed by atoms with E-state index in [1.165, 1.54) is 11.8 Å². The Morgan fingerprint density at radius 3 is 2.90 bits per heavy atom. The molecule has 0 aliphatic carbocycles. The highest BCUT2D eigenvalue weighted by Crippen LogP contribution is 2.47. The van der Waals surface area contributed by atoms with Gasteiger partial charge < -0.3 is 15.4 Å². The van der Waals surface area contributed by atoms with Crippen LogP contribution in [-0.4, -0.2) is 26.8 Å². The van der Waals surface area contributed by atoms with Gasteiger partial charge in [-0.3, -0.25) is 4.79 Å². The Hall–Kier alpha value is -2.84. The topological polar surface area (TPSA) is 89.0 Å². The van der Waals surface area contributed by atoms with Crippen LogP contribution in [0.4, 0.5) is 11.4 Å². The van der Waals surface area contributed by atoms with E-state index < -0.39 is 5.72 Å². The number of thioether (sulfide) groups is 1. The van der Waals surface area contributed by atoms with E-state index in [0.717, 1.165) is 24.2 Å². The van der Waals surface area contributed by atoms with Crippen LogP contribution >= 0.6 is 23.4 Å². The van der Waals surface area contributed by atoms with E-state index in [-0.39, 0.29) is 11.8 Å². The van der Waals surface area contributed by atoms with Gasteiger partial charge in [0.2, 0.25) is 11.0 Å². The zero-order valence-electron chi connectivity index (χ0n) is 16.1. The Bertz CT molecular complexity index is 1160. The summed E-state index contributed by atoms with van der Waals surface area (Å²) in [6, 6.07) is 12.8. The van der Waals surface area contributed by atoms with Crippen LogP contribution in [0, 0.1) is 0 Å². The smallest absolute Gasteiger partial charge is 0.295 e. The number of aromatic nitrogens is 3. The van der Waals surface area contributed by atoms with Crippen LogP contribution < -0.4 is 15.4 Å². The molecule has 3 heterocycles. The van der Waals surface area contributed by atoms with Crippen LogP contribution in [-0.2, 0) is 10.5 Å². The van der Waals surface area contributed by atoms with Gasteiger partial charge in [0.15, 0.2) is 5.69 Å². The van der Waals surface area contributed by atoms with E-state index in [1.54, 1.807) is 18.2 Å². The summed E-state index contributed by atoms with van der Waals surface area (Å²) < 4.78 is 6.32. The average molecular weight is 440 g/mol. The number of ether oxygens (including phenoxy) is 1. The van der Waals surface area contributed by atoms with Gasteiger partial charge in [0.05, 0.1) is 11.3 Å². The lowest BCUT2D eigenvalue weighted by Crippen LogP contribution is -2.47.